The molecule has 3 aromatic rings. The molecule has 0 saturated carbocycles. The first-order valence-corrected chi connectivity index (χ1v) is 9.54. The van der Waals surface area contributed by atoms with Gasteiger partial charge in [-0.15, -0.1) is 11.3 Å². The number of unbranched alkanes of at least 4 members (excludes halogenated alkanes) is 2. The number of benzene rings is 1. The van der Waals surface area contributed by atoms with Crippen molar-refractivity contribution in [1.82, 2.24) is 14.5 Å². The molecule has 6 nitrogen and oxygen atoms in total. The monoisotopic (exact) mass is 370 g/mol. The van der Waals surface area contributed by atoms with Gasteiger partial charge in [0.25, 0.3) is 5.56 Å². The van der Waals surface area contributed by atoms with Crippen molar-refractivity contribution >= 4 is 33.3 Å². The molecule has 2 heterocycles. The lowest BCUT2D eigenvalue weighted by atomic mass is 10.2. The van der Waals surface area contributed by atoms with Gasteiger partial charge in [-0.2, -0.15) is 0 Å². The highest BCUT2D eigenvalue weighted by molar-refractivity contribution is 7.15. The first-order valence-electron chi connectivity index (χ1n) is 8.72. The van der Waals surface area contributed by atoms with Crippen LogP contribution in [-0.4, -0.2) is 20.4 Å². The van der Waals surface area contributed by atoms with Gasteiger partial charge in [0.1, 0.15) is 0 Å². The second kappa shape index (κ2) is 8.23. The van der Waals surface area contributed by atoms with Gasteiger partial charge in [0.05, 0.1) is 22.9 Å². The van der Waals surface area contributed by atoms with Gasteiger partial charge in [-0.25, -0.2) is 9.97 Å². The minimum Gasteiger partial charge on any atom is -0.302 e. The molecule has 1 aromatic carbocycles. The van der Waals surface area contributed by atoms with Crippen LogP contribution < -0.4 is 10.9 Å². The van der Waals surface area contributed by atoms with Crippen LogP contribution in [0.1, 0.15) is 36.3 Å². The normalized spacial score (nSPS) is 11.0. The summed E-state index contributed by atoms with van der Waals surface area (Å²) in [6, 6.07) is 7.36. The number of carbonyl (C=O) groups is 1. The topological polar surface area (TPSA) is 76.9 Å². The summed E-state index contributed by atoms with van der Waals surface area (Å²) in [6.07, 6.45) is 4.56. The molecule has 2 aromatic heterocycles. The van der Waals surface area contributed by atoms with Crippen LogP contribution >= 0.6 is 11.3 Å². The van der Waals surface area contributed by atoms with Crippen LogP contribution in [0.5, 0.6) is 0 Å². The average molecular weight is 370 g/mol. The molecular formula is C19H22N4O2S. The van der Waals surface area contributed by atoms with E-state index >= 15 is 0 Å². The first kappa shape index (κ1) is 18.3. The summed E-state index contributed by atoms with van der Waals surface area (Å²) in [6.45, 7) is 4.54. The number of hydrogen-bond donors (Lipinski definition) is 1. The number of fused-ring (bicyclic) bond motifs is 1. The van der Waals surface area contributed by atoms with Gasteiger partial charge in [0.15, 0.2) is 5.13 Å². The van der Waals surface area contributed by atoms with Gasteiger partial charge in [-0.1, -0.05) is 18.6 Å². The molecule has 7 heteroatoms. The van der Waals surface area contributed by atoms with E-state index in [9.17, 15) is 9.59 Å². The molecule has 0 saturated heterocycles. The zero-order valence-electron chi connectivity index (χ0n) is 15.0. The molecule has 26 heavy (non-hydrogen) atoms. The second-order valence-corrected chi connectivity index (χ2v) is 7.48. The fourth-order valence-electron chi connectivity index (χ4n) is 2.72. The van der Waals surface area contributed by atoms with Crippen molar-refractivity contribution in [2.24, 2.45) is 0 Å². The summed E-state index contributed by atoms with van der Waals surface area (Å²) in [4.78, 5) is 34.1. The molecule has 0 aliphatic heterocycles. The molecule has 0 radical (unpaired) electrons. The Morgan fingerprint density at radius 1 is 1.19 bits per heavy atom. The largest absolute Gasteiger partial charge is 0.302 e. The highest BCUT2D eigenvalue weighted by Gasteiger charge is 2.08. The van der Waals surface area contributed by atoms with Crippen molar-refractivity contribution in [1.29, 1.82) is 0 Å². The van der Waals surface area contributed by atoms with Crippen molar-refractivity contribution in [2.45, 2.75) is 46.1 Å². The van der Waals surface area contributed by atoms with Crippen LogP contribution in [0.15, 0.2) is 35.4 Å². The van der Waals surface area contributed by atoms with E-state index in [-0.39, 0.29) is 11.5 Å². The molecular weight excluding hydrogens is 348 g/mol. The van der Waals surface area contributed by atoms with E-state index in [2.05, 4.69) is 15.3 Å². The smallest absolute Gasteiger partial charge is 0.261 e. The highest BCUT2D eigenvalue weighted by atomic mass is 32.1. The summed E-state index contributed by atoms with van der Waals surface area (Å²) in [5, 5.41) is 4.15. The first-order chi connectivity index (χ1) is 12.5. The summed E-state index contributed by atoms with van der Waals surface area (Å²) in [7, 11) is 0. The summed E-state index contributed by atoms with van der Waals surface area (Å²) in [5.41, 5.74) is 1.67. The number of nitrogens with one attached hydrogen (secondary N) is 1. The van der Waals surface area contributed by atoms with Crippen LogP contribution in [0.3, 0.4) is 0 Å². The lowest BCUT2D eigenvalue weighted by Crippen LogP contribution is -2.20. The molecule has 0 bridgehead atoms. The van der Waals surface area contributed by atoms with Gasteiger partial charge in [0.2, 0.25) is 5.91 Å². The van der Waals surface area contributed by atoms with Gasteiger partial charge >= 0.3 is 0 Å². The second-order valence-electron chi connectivity index (χ2n) is 6.28. The van der Waals surface area contributed by atoms with Gasteiger partial charge < -0.3 is 5.32 Å². The van der Waals surface area contributed by atoms with Gasteiger partial charge in [0, 0.05) is 17.8 Å². The maximum absolute atomic E-state index is 12.4. The standard InChI is InChI=1S/C19H22N4O2S/c1-13-14(2)26-19(21-13)22-17(24)10-4-3-7-11-23-12-20-16-9-6-5-8-15(16)18(23)25/h5-6,8-9,12H,3-4,7,10-11H2,1-2H3,(H,21,22,24). The van der Waals surface area contributed by atoms with Gasteiger partial charge in [-0.05, 0) is 38.8 Å². The van der Waals surface area contributed by atoms with E-state index in [0.717, 1.165) is 35.4 Å². The van der Waals surface area contributed by atoms with E-state index in [0.29, 0.717) is 23.5 Å². The van der Waals surface area contributed by atoms with Gasteiger partial charge in [-0.3, -0.25) is 14.2 Å². The predicted molar refractivity (Wildman–Crippen MR) is 105 cm³/mol. The zero-order chi connectivity index (χ0) is 18.5. The van der Waals surface area contributed by atoms with E-state index in [4.69, 9.17) is 0 Å². The number of amides is 1. The number of para-hydroxylation sites is 1. The Balaban J connectivity index is 1.43. The molecule has 136 valence electrons. The third-order valence-corrected chi connectivity index (χ3v) is 5.30. The minimum atomic E-state index is -0.0112. The summed E-state index contributed by atoms with van der Waals surface area (Å²) >= 11 is 1.50. The lowest BCUT2D eigenvalue weighted by molar-refractivity contribution is -0.116. The average Bonchev–Trinajstić information content (AvgIpc) is 2.94. The summed E-state index contributed by atoms with van der Waals surface area (Å²) in [5.74, 6) is -0.0108. The Bertz CT molecular complexity index is 958. The van der Waals surface area contributed by atoms with Crippen LogP contribution in [0.4, 0.5) is 5.13 Å². The third kappa shape index (κ3) is 4.35. The number of anilines is 1. The number of aryl methyl sites for hydroxylation is 3. The molecule has 1 N–H and O–H groups in total. The fourth-order valence-corrected chi connectivity index (χ4v) is 3.55. The van der Waals surface area contributed by atoms with Crippen molar-refractivity contribution < 1.29 is 4.79 Å². The number of aromatic nitrogens is 3. The van der Waals surface area contributed by atoms with Crippen LogP contribution in [0.25, 0.3) is 10.9 Å². The third-order valence-electron chi connectivity index (χ3n) is 4.31. The van der Waals surface area contributed by atoms with E-state index in [1.54, 1.807) is 17.0 Å². The zero-order valence-corrected chi connectivity index (χ0v) is 15.8. The van der Waals surface area contributed by atoms with Crippen molar-refractivity contribution in [2.75, 3.05) is 5.32 Å². The van der Waals surface area contributed by atoms with Crippen molar-refractivity contribution in [3.05, 3.63) is 51.5 Å². The van der Waals surface area contributed by atoms with Crippen LogP contribution in [0, 0.1) is 13.8 Å². The van der Waals surface area contributed by atoms with Crippen molar-refractivity contribution in [3.8, 4) is 0 Å². The molecule has 3 rings (SSSR count). The number of thiazole rings is 1. The number of rotatable bonds is 7. The number of nitrogens with zero attached hydrogens (tertiary/aromatic N) is 3. The SMILES string of the molecule is Cc1nc(NC(=O)CCCCCn2cnc3ccccc3c2=O)sc1C. The van der Waals surface area contributed by atoms with E-state index in [1.807, 2.05) is 32.0 Å². The van der Waals surface area contributed by atoms with E-state index in [1.165, 1.54) is 11.3 Å². The lowest BCUT2D eigenvalue weighted by Gasteiger charge is -2.06. The minimum absolute atomic E-state index is 0.0108. The molecule has 0 atom stereocenters. The molecule has 0 fully saturated rings. The maximum atomic E-state index is 12.4. The number of carbonyl (C=O) groups excluding carboxylic acids is 1. The number of hydrogen-bond acceptors (Lipinski definition) is 5. The fraction of sp³-hybridized carbons (Fsp3) is 0.368. The Morgan fingerprint density at radius 3 is 2.77 bits per heavy atom. The molecule has 0 unspecified atom stereocenters. The quantitative estimate of drug-likeness (QED) is 0.644. The van der Waals surface area contributed by atoms with E-state index < -0.39 is 0 Å². The Hall–Kier alpha value is -2.54. The van der Waals surface area contributed by atoms with Crippen LogP contribution in [-0.2, 0) is 11.3 Å². The maximum Gasteiger partial charge on any atom is 0.261 e. The molecule has 0 aliphatic rings. The van der Waals surface area contributed by atoms with Crippen molar-refractivity contribution in [3.63, 3.8) is 0 Å². The Labute approximate surface area is 155 Å². The highest BCUT2D eigenvalue weighted by Crippen LogP contribution is 2.21. The predicted octanol–water partition coefficient (Wildman–Crippen LogP) is 3.67. The molecule has 0 aliphatic carbocycles. The Morgan fingerprint density at radius 2 is 2.00 bits per heavy atom. The van der Waals surface area contributed by atoms with Crippen LogP contribution in [0.2, 0.25) is 0 Å². The molecule has 1 amide bonds. The molecule has 0 spiro atoms. The Kier molecular flexibility index (Phi) is 5.78. The summed E-state index contributed by atoms with van der Waals surface area (Å²) < 4.78 is 1.64.